The Balaban J connectivity index is 1.45. The first kappa shape index (κ1) is 26.0. The summed E-state index contributed by atoms with van der Waals surface area (Å²) in [4.78, 5) is 30.0. The van der Waals surface area contributed by atoms with Gasteiger partial charge >= 0.3 is 0 Å². The van der Waals surface area contributed by atoms with E-state index in [2.05, 4.69) is 32.3 Å². The number of hydrogen-bond acceptors (Lipinski definition) is 7. The number of carbonyl (C=O) groups is 2. The number of nitrogens with two attached hydrogens (primary N) is 1. The molecule has 10 heteroatoms. The van der Waals surface area contributed by atoms with Crippen LogP contribution in [-0.2, 0) is 32.8 Å². The smallest absolute Gasteiger partial charge is 0.248 e. The first-order chi connectivity index (χ1) is 19.0. The molecule has 1 aliphatic carbocycles. The Morgan fingerprint density at radius 2 is 1.88 bits per heavy atom. The second-order valence-corrected chi connectivity index (χ2v) is 12.3. The summed E-state index contributed by atoms with van der Waals surface area (Å²) >= 11 is 3.52. The average molecular weight is 599 g/mol. The van der Waals surface area contributed by atoms with Crippen molar-refractivity contribution in [2.24, 2.45) is 11.1 Å². The van der Waals surface area contributed by atoms with Crippen LogP contribution >= 0.6 is 15.9 Å². The van der Waals surface area contributed by atoms with E-state index in [9.17, 15) is 14.9 Å². The van der Waals surface area contributed by atoms with Gasteiger partial charge in [0, 0.05) is 28.6 Å². The molecule has 3 aliphatic rings. The number of hydrogen-bond donors (Lipinski definition) is 1. The average Bonchev–Trinajstić information content (AvgIpc) is 3.41. The van der Waals surface area contributed by atoms with Crippen molar-refractivity contribution < 1.29 is 14.3 Å². The maximum atomic E-state index is 14.6. The number of benzene rings is 2. The van der Waals surface area contributed by atoms with Crippen molar-refractivity contribution in [1.82, 2.24) is 15.0 Å². The maximum Gasteiger partial charge on any atom is 0.248 e. The fraction of sp³-hybridized carbons (Fsp3) is 0.300. The molecule has 0 radical (unpaired) electrons. The predicted molar refractivity (Wildman–Crippen MR) is 150 cm³/mol. The first-order valence-corrected chi connectivity index (χ1v) is 13.7. The number of nitrogens with zero attached hydrogens (tertiary/aromatic N) is 5. The molecule has 1 aromatic heterocycles. The predicted octanol–water partition coefficient (Wildman–Crippen LogP) is 4.55. The minimum atomic E-state index is -1.70. The molecule has 3 heterocycles. The summed E-state index contributed by atoms with van der Waals surface area (Å²) in [5.41, 5.74) is 8.27. The van der Waals surface area contributed by atoms with E-state index in [0.717, 1.165) is 5.56 Å². The number of anilines is 1. The van der Waals surface area contributed by atoms with Gasteiger partial charge in [-0.1, -0.05) is 64.8 Å². The highest BCUT2D eigenvalue weighted by Gasteiger charge is 2.63. The van der Waals surface area contributed by atoms with Crippen LogP contribution in [0.1, 0.15) is 49.1 Å². The lowest BCUT2D eigenvalue weighted by atomic mass is 9.62. The van der Waals surface area contributed by atoms with Crippen molar-refractivity contribution in [3.05, 3.63) is 98.3 Å². The Labute approximate surface area is 240 Å². The summed E-state index contributed by atoms with van der Waals surface area (Å²) in [5.74, 6) is -0.464. The Kier molecular flexibility index (Phi) is 5.96. The fourth-order valence-electron chi connectivity index (χ4n) is 6.04. The Morgan fingerprint density at radius 1 is 1.12 bits per heavy atom. The molecule has 2 aromatic carbocycles. The number of fused-ring (bicyclic) bond motifs is 3. The van der Waals surface area contributed by atoms with E-state index >= 15 is 0 Å². The zero-order valence-electron chi connectivity index (χ0n) is 22.4. The number of ketones is 1. The number of aryl methyl sites for hydroxylation is 1. The molecular formula is C30H27BrN6O3. The molecule has 0 saturated carbocycles. The molecule has 9 nitrogen and oxygen atoms in total. The minimum absolute atomic E-state index is 0.0748. The normalized spacial score (nSPS) is 21.4. The molecule has 202 valence electrons. The van der Waals surface area contributed by atoms with Gasteiger partial charge in [-0.05, 0) is 36.1 Å². The molecular weight excluding hydrogens is 572 g/mol. The fourth-order valence-corrected chi connectivity index (χ4v) is 6.41. The molecule has 1 spiro atoms. The molecule has 0 bridgehead atoms. The lowest BCUT2D eigenvalue weighted by Gasteiger charge is -2.41. The van der Waals surface area contributed by atoms with Crippen molar-refractivity contribution in [2.75, 3.05) is 4.90 Å². The lowest BCUT2D eigenvalue weighted by molar-refractivity contribution is -0.125. The van der Waals surface area contributed by atoms with Gasteiger partial charge in [-0.25, -0.2) is 4.68 Å². The first-order valence-electron chi connectivity index (χ1n) is 12.9. The van der Waals surface area contributed by atoms with Crippen LogP contribution in [0.5, 0.6) is 0 Å². The van der Waals surface area contributed by atoms with Gasteiger partial charge in [0.2, 0.25) is 11.8 Å². The Morgan fingerprint density at radius 3 is 2.60 bits per heavy atom. The molecule has 1 atom stereocenters. The highest BCUT2D eigenvalue weighted by molar-refractivity contribution is 9.10. The molecule has 2 aliphatic heterocycles. The van der Waals surface area contributed by atoms with Crippen LogP contribution in [0.3, 0.4) is 0 Å². The standard InChI is InChI=1S/C30H27BrN6O3/c1-17-4-6-18(7-5-17)14-36-15-20(34-35-36)16-37-23-9-8-19(31)10-21(23)30(28(37)39)22(13-32)27(33)40-25-12-29(2,3)11-24(38)26(25)30/h4-10,15H,11-12,14,16,33H2,1-3H3. The molecule has 1 amide bonds. The second kappa shape index (κ2) is 9.17. The Bertz CT molecular complexity index is 1690. The zero-order valence-corrected chi connectivity index (χ0v) is 23.9. The molecule has 1 unspecified atom stereocenters. The SMILES string of the molecule is Cc1ccc(Cn2cc(CN3C(=O)C4(C(C#N)=C(N)OC5=C4C(=O)CC(C)(C)C5)c4cc(Br)ccc43)nn2)cc1. The second-order valence-electron chi connectivity index (χ2n) is 11.4. The number of amides is 1. The van der Waals surface area contributed by atoms with E-state index in [4.69, 9.17) is 10.5 Å². The van der Waals surface area contributed by atoms with E-state index in [1.165, 1.54) is 5.56 Å². The van der Waals surface area contributed by atoms with Gasteiger partial charge < -0.3 is 15.4 Å². The molecule has 0 fully saturated rings. The van der Waals surface area contributed by atoms with Crippen LogP contribution < -0.4 is 10.6 Å². The lowest BCUT2D eigenvalue weighted by Crippen LogP contribution is -2.50. The highest BCUT2D eigenvalue weighted by atomic mass is 79.9. The summed E-state index contributed by atoms with van der Waals surface area (Å²) < 4.78 is 8.31. The maximum absolute atomic E-state index is 14.6. The van der Waals surface area contributed by atoms with Crippen molar-refractivity contribution in [3.63, 3.8) is 0 Å². The number of aromatic nitrogens is 3. The van der Waals surface area contributed by atoms with Gasteiger partial charge in [0.05, 0.1) is 24.9 Å². The summed E-state index contributed by atoms with van der Waals surface area (Å²) in [5, 5.41) is 18.9. The van der Waals surface area contributed by atoms with E-state index in [0.29, 0.717) is 40.1 Å². The summed E-state index contributed by atoms with van der Waals surface area (Å²) in [7, 11) is 0. The van der Waals surface area contributed by atoms with Crippen LogP contribution in [-0.4, -0.2) is 26.7 Å². The van der Waals surface area contributed by atoms with Gasteiger partial charge in [0.15, 0.2) is 5.78 Å². The number of rotatable bonds is 4. The summed E-state index contributed by atoms with van der Waals surface area (Å²) in [6.07, 6.45) is 2.44. The van der Waals surface area contributed by atoms with Crippen molar-refractivity contribution in [2.45, 2.75) is 52.1 Å². The third-order valence-corrected chi connectivity index (χ3v) is 8.26. The number of nitriles is 1. The van der Waals surface area contributed by atoms with Gasteiger partial charge in [0.1, 0.15) is 28.5 Å². The third-order valence-electron chi connectivity index (χ3n) is 7.77. The summed E-state index contributed by atoms with van der Waals surface area (Å²) in [6, 6.07) is 15.7. The molecule has 0 saturated heterocycles. The number of carbonyl (C=O) groups excluding carboxylic acids is 2. The topological polar surface area (TPSA) is 127 Å². The number of ether oxygens (including phenoxy) is 1. The monoisotopic (exact) mass is 598 g/mol. The van der Waals surface area contributed by atoms with E-state index in [1.807, 2.05) is 51.1 Å². The van der Waals surface area contributed by atoms with Crippen molar-refractivity contribution in [1.29, 1.82) is 5.26 Å². The van der Waals surface area contributed by atoms with Gasteiger partial charge in [0.25, 0.3) is 0 Å². The molecule has 3 aromatic rings. The summed E-state index contributed by atoms with van der Waals surface area (Å²) in [6.45, 7) is 6.61. The van der Waals surface area contributed by atoms with Crippen LogP contribution in [0, 0.1) is 23.7 Å². The van der Waals surface area contributed by atoms with Crippen molar-refractivity contribution in [3.8, 4) is 6.07 Å². The molecule has 6 rings (SSSR count). The molecule has 2 N–H and O–H groups in total. The highest BCUT2D eigenvalue weighted by Crippen LogP contribution is 2.57. The zero-order chi connectivity index (χ0) is 28.4. The quantitative estimate of drug-likeness (QED) is 0.466. The van der Waals surface area contributed by atoms with Crippen LogP contribution in [0.4, 0.5) is 5.69 Å². The van der Waals surface area contributed by atoms with Gasteiger partial charge in [-0.3, -0.25) is 9.59 Å². The van der Waals surface area contributed by atoms with Gasteiger partial charge in [-0.15, -0.1) is 5.10 Å². The van der Waals surface area contributed by atoms with Crippen LogP contribution in [0.15, 0.2) is 75.9 Å². The van der Waals surface area contributed by atoms with Crippen molar-refractivity contribution >= 4 is 33.3 Å². The van der Waals surface area contributed by atoms with Gasteiger partial charge in [-0.2, -0.15) is 5.26 Å². The number of halogens is 1. The van der Waals surface area contributed by atoms with E-state index < -0.39 is 11.3 Å². The van der Waals surface area contributed by atoms with Crippen LogP contribution in [0.25, 0.3) is 0 Å². The van der Waals surface area contributed by atoms with E-state index in [1.54, 1.807) is 27.9 Å². The third kappa shape index (κ3) is 3.95. The largest absolute Gasteiger partial charge is 0.444 e. The van der Waals surface area contributed by atoms with Crippen LogP contribution in [0.2, 0.25) is 0 Å². The van der Waals surface area contributed by atoms with E-state index in [-0.39, 0.29) is 41.2 Å². The minimum Gasteiger partial charge on any atom is -0.444 e. The Hall–Kier alpha value is -4.23. The molecule has 40 heavy (non-hydrogen) atoms. The number of allylic oxidation sites excluding steroid dienone is 1. The number of Topliss-reactive ketones (excluding diaryl/α,β-unsaturated/α-hetero) is 1.